The molecule has 2 aromatic rings. The number of methoxy groups -OCH3 is 1. The van der Waals surface area contributed by atoms with Crippen LogP contribution in [0.3, 0.4) is 0 Å². The Hall–Kier alpha value is -2.12. The molecule has 0 aliphatic rings. The van der Waals surface area contributed by atoms with E-state index in [2.05, 4.69) is 4.72 Å². The molecule has 0 bridgehead atoms. The molecule has 21 heavy (non-hydrogen) atoms. The predicted octanol–water partition coefficient (Wildman–Crippen LogP) is 1.90. The summed E-state index contributed by atoms with van der Waals surface area (Å²) in [5, 5.41) is 0. The van der Waals surface area contributed by atoms with Crippen molar-refractivity contribution >= 4 is 15.7 Å². The highest BCUT2D eigenvalue weighted by molar-refractivity contribution is 7.89. The number of nitrogen functional groups attached to an aromatic ring is 1. The van der Waals surface area contributed by atoms with Gasteiger partial charge in [-0.1, -0.05) is 12.1 Å². The minimum Gasteiger partial charge on any atom is -0.497 e. The lowest BCUT2D eigenvalue weighted by Gasteiger charge is -2.08. The molecule has 0 aliphatic carbocycles. The molecule has 7 heteroatoms. The van der Waals surface area contributed by atoms with Crippen molar-refractivity contribution in [3.63, 3.8) is 0 Å². The number of rotatable bonds is 5. The van der Waals surface area contributed by atoms with Gasteiger partial charge in [-0.05, 0) is 35.9 Å². The summed E-state index contributed by atoms with van der Waals surface area (Å²) in [4.78, 5) is -0.169. The summed E-state index contributed by atoms with van der Waals surface area (Å²) in [6.45, 7) is 0.0749. The van der Waals surface area contributed by atoms with Crippen LogP contribution < -0.4 is 15.2 Å². The number of hydrogen-bond donors (Lipinski definition) is 2. The third kappa shape index (κ3) is 3.71. The second-order valence-electron chi connectivity index (χ2n) is 4.36. The van der Waals surface area contributed by atoms with Crippen LogP contribution in [0.25, 0.3) is 0 Å². The van der Waals surface area contributed by atoms with Crippen LogP contribution in [0.4, 0.5) is 10.1 Å². The van der Waals surface area contributed by atoms with Gasteiger partial charge in [0.1, 0.15) is 11.6 Å². The molecule has 0 unspecified atom stereocenters. The first kappa shape index (κ1) is 15.3. The van der Waals surface area contributed by atoms with Crippen LogP contribution in [0.2, 0.25) is 0 Å². The molecule has 0 radical (unpaired) electrons. The third-order valence-corrected chi connectivity index (χ3v) is 4.28. The molecule has 0 aliphatic heterocycles. The standard InChI is InChI=1S/C14H15FN2O3S/c1-20-11-4-2-3-10(7-11)9-17-21(18,19)12-5-6-14(16)13(15)8-12/h2-8,17H,9,16H2,1H3. The predicted molar refractivity (Wildman–Crippen MR) is 77.8 cm³/mol. The SMILES string of the molecule is COc1cccc(CNS(=O)(=O)c2ccc(N)c(F)c2)c1. The first-order valence-electron chi connectivity index (χ1n) is 6.10. The van der Waals surface area contributed by atoms with E-state index in [1.54, 1.807) is 24.3 Å². The molecule has 0 atom stereocenters. The maximum Gasteiger partial charge on any atom is 0.240 e. The van der Waals surface area contributed by atoms with Crippen molar-refractivity contribution in [2.75, 3.05) is 12.8 Å². The van der Waals surface area contributed by atoms with E-state index >= 15 is 0 Å². The van der Waals surface area contributed by atoms with Crippen LogP contribution in [-0.2, 0) is 16.6 Å². The highest BCUT2D eigenvalue weighted by atomic mass is 32.2. The zero-order valence-corrected chi connectivity index (χ0v) is 12.2. The van der Waals surface area contributed by atoms with Gasteiger partial charge in [0.15, 0.2) is 0 Å². The Labute approximate surface area is 122 Å². The fraction of sp³-hybridized carbons (Fsp3) is 0.143. The van der Waals surface area contributed by atoms with Crippen molar-refractivity contribution in [2.24, 2.45) is 0 Å². The number of benzene rings is 2. The van der Waals surface area contributed by atoms with E-state index in [0.29, 0.717) is 5.75 Å². The molecular formula is C14H15FN2O3S. The Morgan fingerprint density at radius 1 is 1.24 bits per heavy atom. The summed E-state index contributed by atoms with van der Waals surface area (Å²) in [6, 6.07) is 10.4. The van der Waals surface area contributed by atoms with E-state index in [4.69, 9.17) is 10.5 Å². The van der Waals surface area contributed by atoms with E-state index in [-0.39, 0.29) is 17.1 Å². The average Bonchev–Trinajstić information content (AvgIpc) is 2.48. The van der Waals surface area contributed by atoms with Gasteiger partial charge in [-0.3, -0.25) is 0 Å². The number of nitrogens with two attached hydrogens (primary N) is 1. The van der Waals surface area contributed by atoms with Crippen LogP contribution >= 0.6 is 0 Å². The van der Waals surface area contributed by atoms with Gasteiger partial charge >= 0.3 is 0 Å². The van der Waals surface area contributed by atoms with Crippen LogP contribution in [0.5, 0.6) is 5.75 Å². The lowest BCUT2D eigenvalue weighted by atomic mass is 10.2. The molecule has 2 rings (SSSR count). The second kappa shape index (κ2) is 6.11. The summed E-state index contributed by atoms with van der Waals surface area (Å²) in [7, 11) is -2.28. The molecule has 0 fully saturated rings. The van der Waals surface area contributed by atoms with Gasteiger partial charge in [0, 0.05) is 6.54 Å². The van der Waals surface area contributed by atoms with Gasteiger partial charge in [-0.2, -0.15) is 0 Å². The van der Waals surface area contributed by atoms with Crippen molar-refractivity contribution in [2.45, 2.75) is 11.4 Å². The van der Waals surface area contributed by atoms with Gasteiger partial charge < -0.3 is 10.5 Å². The number of ether oxygens (including phenoxy) is 1. The smallest absolute Gasteiger partial charge is 0.240 e. The van der Waals surface area contributed by atoms with E-state index in [0.717, 1.165) is 11.6 Å². The monoisotopic (exact) mass is 310 g/mol. The Morgan fingerprint density at radius 2 is 2.00 bits per heavy atom. The summed E-state index contributed by atoms with van der Waals surface area (Å²) >= 11 is 0. The summed E-state index contributed by atoms with van der Waals surface area (Å²) in [5.41, 5.74) is 5.96. The first-order chi connectivity index (χ1) is 9.92. The van der Waals surface area contributed by atoms with Crippen LogP contribution in [0, 0.1) is 5.82 Å². The molecule has 0 heterocycles. The largest absolute Gasteiger partial charge is 0.497 e. The summed E-state index contributed by atoms with van der Waals surface area (Å²) in [5.74, 6) is -0.135. The van der Waals surface area contributed by atoms with Crippen LogP contribution in [0.15, 0.2) is 47.4 Å². The van der Waals surface area contributed by atoms with E-state index < -0.39 is 15.8 Å². The maximum atomic E-state index is 13.3. The van der Waals surface area contributed by atoms with Crippen molar-refractivity contribution in [1.29, 1.82) is 0 Å². The molecule has 3 N–H and O–H groups in total. The molecule has 5 nitrogen and oxygen atoms in total. The number of anilines is 1. The van der Waals surface area contributed by atoms with Gasteiger partial charge in [0.25, 0.3) is 0 Å². The Morgan fingerprint density at radius 3 is 2.67 bits per heavy atom. The van der Waals surface area contributed by atoms with Crippen molar-refractivity contribution in [3.05, 3.63) is 53.8 Å². The molecular weight excluding hydrogens is 295 g/mol. The fourth-order valence-electron chi connectivity index (χ4n) is 1.72. The quantitative estimate of drug-likeness (QED) is 0.826. The Balaban J connectivity index is 2.15. The first-order valence-corrected chi connectivity index (χ1v) is 7.58. The lowest BCUT2D eigenvalue weighted by Crippen LogP contribution is -2.23. The molecule has 112 valence electrons. The summed E-state index contributed by atoms with van der Waals surface area (Å²) < 4.78 is 44.9. The van der Waals surface area contributed by atoms with Gasteiger partial charge in [0.2, 0.25) is 10.0 Å². The van der Waals surface area contributed by atoms with E-state index in [1.807, 2.05) is 0 Å². The maximum absolute atomic E-state index is 13.3. The highest BCUT2D eigenvalue weighted by Crippen LogP contribution is 2.17. The highest BCUT2D eigenvalue weighted by Gasteiger charge is 2.15. The Bertz CT molecular complexity index is 748. The fourth-order valence-corrected chi connectivity index (χ4v) is 2.75. The molecule has 2 aromatic carbocycles. The molecule has 0 amide bonds. The zero-order valence-electron chi connectivity index (χ0n) is 11.3. The van der Waals surface area contributed by atoms with Crippen molar-refractivity contribution in [1.82, 2.24) is 4.72 Å². The van der Waals surface area contributed by atoms with Gasteiger partial charge in [0.05, 0.1) is 17.7 Å². The number of nitrogens with one attached hydrogen (secondary N) is 1. The van der Waals surface area contributed by atoms with Crippen molar-refractivity contribution < 1.29 is 17.5 Å². The minimum atomic E-state index is -3.80. The molecule has 0 spiro atoms. The number of sulfonamides is 1. The second-order valence-corrected chi connectivity index (χ2v) is 6.13. The molecule has 0 saturated carbocycles. The van der Waals surface area contributed by atoms with E-state index in [9.17, 15) is 12.8 Å². The zero-order chi connectivity index (χ0) is 15.5. The van der Waals surface area contributed by atoms with Crippen LogP contribution in [-0.4, -0.2) is 15.5 Å². The van der Waals surface area contributed by atoms with E-state index in [1.165, 1.54) is 19.2 Å². The normalized spacial score (nSPS) is 11.3. The average molecular weight is 310 g/mol. The minimum absolute atomic E-state index is 0.0749. The number of halogens is 1. The van der Waals surface area contributed by atoms with Gasteiger partial charge in [-0.25, -0.2) is 17.5 Å². The Kier molecular flexibility index (Phi) is 4.44. The van der Waals surface area contributed by atoms with Gasteiger partial charge in [-0.15, -0.1) is 0 Å². The third-order valence-electron chi connectivity index (χ3n) is 2.88. The van der Waals surface area contributed by atoms with Crippen LogP contribution in [0.1, 0.15) is 5.56 Å². The molecule has 0 saturated heterocycles. The topological polar surface area (TPSA) is 81.4 Å². The number of hydrogen-bond acceptors (Lipinski definition) is 4. The molecule has 0 aromatic heterocycles. The lowest BCUT2D eigenvalue weighted by molar-refractivity contribution is 0.414. The van der Waals surface area contributed by atoms with Crippen molar-refractivity contribution in [3.8, 4) is 5.75 Å². The summed E-state index contributed by atoms with van der Waals surface area (Å²) in [6.07, 6.45) is 0.